The van der Waals surface area contributed by atoms with Crippen LogP contribution in [-0.2, 0) is 4.79 Å². The van der Waals surface area contributed by atoms with Crippen molar-refractivity contribution >= 4 is 40.3 Å². The van der Waals surface area contributed by atoms with E-state index in [1.165, 1.54) is 17.8 Å². The maximum atomic E-state index is 12.2. The number of aliphatic imine (C=N–C) groups is 1. The fourth-order valence-corrected chi connectivity index (χ4v) is 3.47. The number of carbonyl (C=O) groups is 1. The Labute approximate surface area is 163 Å². The van der Waals surface area contributed by atoms with E-state index in [1.807, 2.05) is 30.3 Å². The largest absolute Gasteiger partial charge is 0.456 e. The maximum absolute atomic E-state index is 12.2. The number of amidine groups is 1. The number of nitrogens with zero attached hydrogens (tertiary/aromatic N) is 2. The van der Waals surface area contributed by atoms with Crippen molar-refractivity contribution in [1.29, 1.82) is 0 Å². The van der Waals surface area contributed by atoms with Crippen LogP contribution in [0, 0.1) is 10.1 Å². The highest BCUT2D eigenvalue weighted by molar-refractivity contribution is 8.18. The van der Waals surface area contributed by atoms with E-state index in [-0.39, 0.29) is 11.6 Å². The number of nitrogens with one attached hydrogen (secondary N) is 1. The average molecular weight is 391 g/mol. The molecule has 3 aromatic rings. The predicted molar refractivity (Wildman–Crippen MR) is 108 cm³/mol. The van der Waals surface area contributed by atoms with E-state index in [2.05, 4.69) is 10.3 Å². The van der Waals surface area contributed by atoms with Gasteiger partial charge in [0, 0.05) is 12.1 Å². The molecule has 0 bridgehead atoms. The van der Waals surface area contributed by atoms with Gasteiger partial charge in [0.1, 0.15) is 11.5 Å². The molecule has 1 fully saturated rings. The molecule has 1 amide bonds. The number of amides is 1. The van der Waals surface area contributed by atoms with Gasteiger partial charge in [0.25, 0.3) is 11.6 Å². The first-order valence-corrected chi connectivity index (χ1v) is 9.10. The quantitative estimate of drug-likeness (QED) is 0.393. The smallest absolute Gasteiger partial charge is 0.280 e. The maximum Gasteiger partial charge on any atom is 0.280 e. The number of furan rings is 1. The Kier molecular flexibility index (Phi) is 4.77. The molecule has 1 aliphatic heterocycles. The second-order valence-electron chi connectivity index (χ2n) is 5.79. The van der Waals surface area contributed by atoms with Gasteiger partial charge in [-0.25, -0.2) is 4.99 Å². The van der Waals surface area contributed by atoms with Gasteiger partial charge in [-0.1, -0.05) is 30.3 Å². The topological polar surface area (TPSA) is 97.7 Å². The van der Waals surface area contributed by atoms with Gasteiger partial charge in [-0.05, 0) is 42.1 Å². The number of nitro groups is 1. The van der Waals surface area contributed by atoms with Crippen LogP contribution in [0.4, 0.5) is 11.4 Å². The molecule has 1 saturated heterocycles. The minimum absolute atomic E-state index is 0.0404. The number of benzene rings is 2. The lowest BCUT2D eigenvalue weighted by Crippen LogP contribution is -2.19. The summed E-state index contributed by atoms with van der Waals surface area (Å²) in [5, 5.41) is 14.4. The van der Waals surface area contributed by atoms with Crippen molar-refractivity contribution in [2.24, 2.45) is 4.99 Å². The summed E-state index contributed by atoms with van der Waals surface area (Å²) in [6.07, 6.45) is 1.59. The Balaban J connectivity index is 1.59. The zero-order chi connectivity index (χ0) is 19.5. The Hall–Kier alpha value is -3.65. The van der Waals surface area contributed by atoms with Crippen LogP contribution >= 0.6 is 11.8 Å². The molecular formula is C20H13N3O4S. The molecule has 1 aromatic heterocycles. The molecule has 4 rings (SSSR count). The van der Waals surface area contributed by atoms with Crippen molar-refractivity contribution < 1.29 is 14.1 Å². The summed E-state index contributed by atoms with van der Waals surface area (Å²) in [7, 11) is 0. The standard InChI is InChI=1S/C20H13N3O4S/c24-19-18(28-20(22-19)21-13-6-2-1-3-7-13)12-14-10-11-17(27-14)15-8-4-5-9-16(15)23(25)26/h1-12H,(H,21,22,24)/b18-12-. The first-order chi connectivity index (χ1) is 13.6. The lowest BCUT2D eigenvalue weighted by Gasteiger charge is -1.98. The van der Waals surface area contributed by atoms with Crippen LogP contribution in [0.2, 0.25) is 0 Å². The van der Waals surface area contributed by atoms with Gasteiger partial charge in [0.15, 0.2) is 5.17 Å². The van der Waals surface area contributed by atoms with E-state index < -0.39 is 4.92 Å². The van der Waals surface area contributed by atoms with E-state index in [9.17, 15) is 14.9 Å². The minimum Gasteiger partial charge on any atom is -0.456 e. The van der Waals surface area contributed by atoms with Crippen LogP contribution in [0.25, 0.3) is 17.4 Å². The van der Waals surface area contributed by atoms with E-state index in [4.69, 9.17) is 4.42 Å². The second-order valence-corrected chi connectivity index (χ2v) is 6.82. The van der Waals surface area contributed by atoms with Crippen LogP contribution in [0.1, 0.15) is 5.76 Å². The van der Waals surface area contributed by atoms with Crippen molar-refractivity contribution in [3.8, 4) is 11.3 Å². The van der Waals surface area contributed by atoms with Gasteiger partial charge in [-0.15, -0.1) is 0 Å². The summed E-state index contributed by atoms with van der Waals surface area (Å²) in [5.74, 6) is 0.510. The number of thioether (sulfide) groups is 1. The molecule has 2 heterocycles. The van der Waals surface area contributed by atoms with E-state index in [0.717, 1.165) is 5.69 Å². The molecule has 1 N–H and O–H groups in total. The van der Waals surface area contributed by atoms with Crippen LogP contribution in [0.3, 0.4) is 0 Å². The number of nitro benzene ring substituents is 1. The lowest BCUT2D eigenvalue weighted by atomic mass is 10.1. The van der Waals surface area contributed by atoms with E-state index in [0.29, 0.717) is 27.2 Å². The molecule has 0 radical (unpaired) electrons. The Morgan fingerprint density at radius 1 is 1.04 bits per heavy atom. The lowest BCUT2D eigenvalue weighted by molar-refractivity contribution is -0.384. The second kappa shape index (κ2) is 7.53. The summed E-state index contributed by atoms with van der Waals surface area (Å²) >= 11 is 1.20. The van der Waals surface area contributed by atoms with Gasteiger partial charge in [-0.3, -0.25) is 14.9 Å². The number of hydrogen-bond donors (Lipinski definition) is 1. The Bertz CT molecular complexity index is 1120. The monoisotopic (exact) mass is 391 g/mol. The summed E-state index contributed by atoms with van der Waals surface area (Å²) in [6.45, 7) is 0. The highest BCUT2D eigenvalue weighted by Gasteiger charge is 2.24. The first-order valence-electron chi connectivity index (χ1n) is 8.28. The van der Waals surface area contributed by atoms with Crippen LogP contribution in [-0.4, -0.2) is 16.0 Å². The number of hydrogen-bond acceptors (Lipinski definition) is 6. The molecule has 2 aromatic carbocycles. The third kappa shape index (κ3) is 3.72. The molecule has 0 atom stereocenters. The zero-order valence-electron chi connectivity index (χ0n) is 14.4. The fourth-order valence-electron chi connectivity index (χ4n) is 2.65. The van der Waals surface area contributed by atoms with Gasteiger partial charge < -0.3 is 9.73 Å². The zero-order valence-corrected chi connectivity index (χ0v) is 15.2. The van der Waals surface area contributed by atoms with Crippen LogP contribution in [0.15, 0.2) is 81.0 Å². The van der Waals surface area contributed by atoms with E-state index in [1.54, 1.807) is 36.4 Å². The molecule has 1 aliphatic rings. The molecule has 0 saturated carbocycles. The molecule has 0 spiro atoms. The number of carbonyl (C=O) groups excluding carboxylic acids is 1. The highest BCUT2D eigenvalue weighted by Crippen LogP contribution is 2.33. The predicted octanol–water partition coefficient (Wildman–Crippen LogP) is 4.75. The normalized spacial score (nSPS) is 16.5. The third-order valence-corrected chi connectivity index (χ3v) is 4.81. The first kappa shape index (κ1) is 17.7. The molecule has 138 valence electrons. The molecule has 0 unspecified atom stereocenters. The van der Waals surface area contributed by atoms with Crippen molar-refractivity contribution in [2.45, 2.75) is 0 Å². The number of rotatable bonds is 4. The molecule has 8 heteroatoms. The van der Waals surface area contributed by atoms with Crippen molar-refractivity contribution in [3.63, 3.8) is 0 Å². The third-order valence-electron chi connectivity index (χ3n) is 3.90. The molecule has 0 aliphatic carbocycles. The van der Waals surface area contributed by atoms with Crippen molar-refractivity contribution in [3.05, 3.63) is 87.5 Å². The highest BCUT2D eigenvalue weighted by atomic mass is 32.2. The minimum atomic E-state index is -0.456. The average Bonchev–Trinajstić information content (AvgIpc) is 3.29. The summed E-state index contributed by atoms with van der Waals surface area (Å²) in [5.41, 5.74) is 1.08. The van der Waals surface area contributed by atoms with Gasteiger partial charge in [0.05, 0.1) is 21.1 Å². The molecular weight excluding hydrogens is 378 g/mol. The van der Waals surface area contributed by atoms with E-state index >= 15 is 0 Å². The number of para-hydroxylation sites is 2. The Morgan fingerprint density at radius 2 is 1.79 bits per heavy atom. The molecule has 28 heavy (non-hydrogen) atoms. The summed E-state index contributed by atoms with van der Waals surface area (Å²) in [4.78, 5) is 27.7. The summed E-state index contributed by atoms with van der Waals surface area (Å²) in [6, 6.07) is 19.0. The summed E-state index contributed by atoms with van der Waals surface area (Å²) < 4.78 is 5.71. The van der Waals surface area contributed by atoms with Gasteiger partial charge >= 0.3 is 0 Å². The molecule has 7 nitrogen and oxygen atoms in total. The van der Waals surface area contributed by atoms with Crippen molar-refractivity contribution in [2.75, 3.05) is 0 Å². The van der Waals surface area contributed by atoms with Gasteiger partial charge in [-0.2, -0.15) is 0 Å². The van der Waals surface area contributed by atoms with Gasteiger partial charge in [0.2, 0.25) is 0 Å². The van der Waals surface area contributed by atoms with Crippen molar-refractivity contribution in [1.82, 2.24) is 5.32 Å². The van der Waals surface area contributed by atoms with Crippen LogP contribution < -0.4 is 5.32 Å². The van der Waals surface area contributed by atoms with Crippen LogP contribution in [0.5, 0.6) is 0 Å². The fraction of sp³-hybridized carbons (Fsp3) is 0. The SMILES string of the molecule is O=C1NC(=Nc2ccccc2)S/C1=C\c1ccc(-c2ccccc2[N+](=O)[O-])o1. The Morgan fingerprint density at radius 3 is 2.57 bits per heavy atom.